The van der Waals surface area contributed by atoms with E-state index in [9.17, 15) is 9.59 Å². The molecule has 3 rings (SSSR count). The second-order valence-corrected chi connectivity index (χ2v) is 8.90. The van der Waals surface area contributed by atoms with Crippen LogP contribution in [-0.2, 0) is 10.2 Å². The molecule has 0 fully saturated rings. The van der Waals surface area contributed by atoms with Gasteiger partial charge in [-0.3, -0.25) is 9.59 Å². The molecule has 0 unspecified atom stereocenters. The van der Waals surface area contributed by atoms with Crippen molar-refractivity contribution in [1.29, 1.82) is 0 Å². The van der Waals surface area contributed by atoms with Gasteiger partial charge >= 0.3 is 0 Å². The zero-order valence-electron chi connectivity index (χ0n) is 18.8. The summed E-state index contributed by atoms with van der Waals surface area (Å²) in [5.74, 6) is 0.325. The molecule has 0 aliphatic heterocycles. The Hall–Kier alpha value is -3.32. The van der Waals surface area contributed by atoms with E-state index in [0.717, 1.165) is 11.4 Å². The number of halogens is 1. The highest BCUT2D eigenvalue weighted by atomic mass is 35.5. The van der Waals surface area contributed by atoms with Crippen LogP contribution in [0.1, 0.15) is 36.8 Å². The van der Waals surface area contributed by atoms with E-state index in [2.05, 4.69) is 10.4 Å². The zero-order valence-corrected chi connectivity index (χ0v) is 19.6. The molecule has 2 aromatic carbocycles. The van der Waals surface area contributed by atoms with Gasteiger partial charge in [-0.2, -0.15) is 5.10 Å². The molecule has 0 bridgehead atoms. The Morgan fingerprint density at radius 2 is 1.78 bits per heavy atom. The van der Waals surface area contributed by atoms with Gasteiger partial charge in [0.1, 0.15) is 11.6 Å². The summed E-state index contributed by atoms with van der Waals surface area (Å²) < 4.78 is 6.92. The van der Waals surface area contributed by atoms with E-state index in [1.165, 1.54) is 12.0 Å². The summed E-state index contributed by atoms with van der Waals surface area (Å²) >= 11 is 6.01. The highest BCUT2D eigenvalue weighted by Crippen LogP contribution is 2.27. The number of rotatable bonds is 6. The maximum atomic E-state index is 12.8. The summed E-state index contributed by atoms with van der Waals surface area (Å²) in [6.07, 6.45) is 0. The van der Waals surface area contributed by atoms with Crippen LogP contribution in [0.3, 0.4) is 0 Å². The van der Waals surface area contributed by atoms with E-state index in [1.807, 2.05) is 39.0 Å². The van der Waals surface area contributed by atoms with E-state index >= 15 is 0 Å². The fourth-order valence-corrected chi connectivity index (χ4v) is 3.24. The van der Waals surface area contributed by atoms with E-state index in [-0.39, 0.29) is 23.8 Å². The molecule has 0 radical (unpaired) electrons. The van der Waals surface area contributed by atoms with Crippen LogP contribution in [-0.4, -0.2) is 47.2 Å². The molecule has 32 heavy (non-hydrogen) atoms. The average Bonchev–Trinajstić information content (AvgIpc) is 3.17. The molecule has 0 spiro atoms. The van der Waals surface area contributed by atoms with Crippen molar-refractivity contribution in [3.63, 3.8) is 0 Å². The molecule has 1 heterocycles. The topological polar surface area (TPSA) is 76.5 Å². The van der Waals surface area contributed by atoms with Crippen molar-refractivity contribution in [3.8, 4) is 11.4 Å². The standard InChI is InChI=1S/C24H27ClN4O3/c1-24(2,3)20-14-21(29(27-20)17-12-10-16(25)11-13-17)26-22(30)15-28(4)23(31)18-8-6-7-9-19(18)32-5/h6-14H,15H2,1-5H3,(H,26,30). The summed E-state index contributed by atoms with van der Waals surface area (Å²) in [7, 11) is 3.08. The Kier molecular flexibility index (Phi) is 6.89. The predicted octanol–water partition coefficient (Wildman–Crippen LogP) is 4.54. The number of likely N-dealkylation sites (N-methyl/N-ethyl adjacent to an activating group) is 1. The SMILES string of the molecule is COc1ccccc1C(=O)N(C)CC(=O)Nc1cc(C(C)(C)C)nn1-c1ccc(Cl)cc1. The van der Waals surface area contributed by atoms with Crippen molar-refractivity contribution in [2.45, 2.75) is 26.2 Å². The third-order valence-corrected chi connectivity index (χ3v) is 5.13. The average molecular weight is 455 g/mol. The number of benzene rings is 2. The van der Waals surface area contributed by atoms with E-state index < -0.39 is 0 Å². The maximum Gasteiger partial charge on any atom is 0.257 e. The van der Waals surface area contributed by atoms with Crippen molar-refractivity contribution >= 4 is 29.2 Å². The summed E-state index contributed by atoms with van der Waals surface area (Å²) in [5, 5.41) is 8.18. The van der Waals surface area contributed by atoms with Crippen LogP contribution in [0, 0.1) is 0 Å². The number of amides is 2. The van der Waals surface area contributed by atoms with Gasteiger partial charge in [0.2, 0.25) is 5.91 Å². The lowest BCUT2D eigenvalue weighted by atomic mass is 9.92. The number of hydrogen-bond donors (Lipinski definition) is 1. The lowest BCUT2D eigenvalue weighted by Crippen LogP contribution is -2.35. The first-order valence-electron chi connectivity index (χ1n) is 10.1. The number of nitrogens with zero attached hydrogens (tertiary/aromatic N) is 3. The number of carbonyl (C=O) groups excluding carboxylic acids is 2. The Morgan fingerprint density at radius 3 is 2.41 bits per heavy atom. The minimum Gasteiger partial charge on any atom is -0.496 e. The maximum absolute atomic E-state index is 12.8. The number of ether oxygens (including phenoxy) is 1. The number of nitrogens with one attached hydrogen (secondary N) is 1. The highest BCUT2D eigenvalue weighted by Gasteiger charge is 2.23. The first-order valence-corrected chi connectivity index (χ1v) is 10.5. The number of anilines is 1. The predicted molar refractivity (Wildman–Crippen MR) is 126 cm³/mol. The molecule has 2 amide bonds. The van der Waals surface area contributed by atoms with E-state index in [0.29, 0.717) is 22.2 Å². The molecule has 0 saturated heterocycles. The lowest BCUT2D eigenvalue weighted by Gasteiger charge is -2.18. The Balaban J connectivity index is 1.81. The Morgan fingerprint density at radius 1 is 1.12 bits per heavy atom. The van der Waals surface area contributed by atoms with E-state index in [4.69, 9.17) is 16.3 Å². The van der Waals surface area contributed by atoms with Crippen molar-refractivity contribution in [2.75, 3.05) is 26.0 Å². The monoisotopic (exact) mass is 454 g/mol. The van der Waals surface area contributed by atoms with Crippen LogP contribution in [0.4, 0.5) is 5.82 Å². The smallest absolute Gasteiger partial charge is 0.257 e. The highest BCUT2D eigenvalue weighted by molar-refractivity contribution is 6.30. The van der Waals surface area contributed by atoms with Crippen LogP contribution >= 0.6 is 11.6 Å². The van der Waals surface area contributed by atoms with Crippen LogP contribution in [0.2, 0.25) is 5.02 Å². The number of methoxy groups -OCH3 is 1. The van der Waals surface area contributed by atoms with Gasteiger partial charge in [-0.25, -0.2) is 4.68 Å². The van der Waals surface area contributed by atoms with Gasteiger partial charge in [0.25, 0.3) is 5.91 Å². The van der Waals surface area contributed by atoms with Gasteiger partial charge in [0, 0.05) is 23.6 Å². The molecule has 0 aliphatic carbocycles. The third kappa shape index (κ3) is 5.29. The Bertz CT molecular complexity index is 1120. The summed E-state index contributed by atoms with van der Waals surface area (Å²) in [6.45, 7) is 6.01. The van der Waals surface area contributed by atoms with Gasteiger partial charge in [-0.1, -0.05) is 44.5 Å². The van der Waals surface area contributed by atoms with Gasteiger partial charge in [-0.15, -0.1) is 0 Å². The Labute approximate surface area is 192 Å². The van der Waals surface area contributed by atoms with E-state index in [1.54, 1.807) is 48.1 Å². The second kappa shape index (κ2) is 9.44. The van der Waals surface area contributed by atoms with Gasteiger partial charge in [0.05, 0.1) is 30.6 Å². The molecule has 0 saturated carbocycles. The summed E-state index contributed by atoms with van der Waals surface area (Å²) in [6, 6.07) is 15.9. The molecular weight excluding hydrogens is 428 g/mol. The van der Waals surface area contributed by atoms with Crippen molar-refractivity contribution in [2.24, 2.45) is 0 Å². The molecule has 3 aromatic rings. The van der Waals surface area contributed by atoms with Crippen LogP contribution in [0.15, 0.2) is 54.6 Å². The van der Waals surface area contributed by atoms with Crippen LogP contribution < -0.4 is 10.1 Å². The molecular formula is C24H27ClN4O3. The van der Waals surface area contributed by atoms with Crippen LogP contribution in [0.25, 0.3) is 5.69 Å². The summed E-state index contributed by atoms with van der Waals surface area (Å²) in [5.41, 5.74) is 1.76. The molecule has 1 aromatic heterocycles. The van der Waals surface area contributed by atoms with Crippen molar-refractivity contribution in [1.82, 2.24) is 14.7 Å². The van der Waals surface area contributed by atoms with Crippen molar-refractivity contribution in [3.05, 3.63) is 70.9 Å². The van der Waals surface area contributed by atoms with Gasteiger partial charge in [-0.05, 0) is 36.4 Å². The first kappa shape index (κ1) is 23.3. The minimum absolute atomic E-state index is 0.131. The second-order valence-electron chi connectivity index (χ2n) is 8.46. The molecule has 1 N–H and O–H groups in total. The van der Waals surface area contributed by atoms with Crippen LogP contribution in [0.5, 0.6) is 5.75 Å². The minimum atomic E-state index is -0.341. The summed E-state index contributed by atoms with van der Waals surface area (Å²) in [4.78, 5) is 27.0. The normalized spacial score (nSPS) is 11.2. The number of hydrogen-bond acceptors (Lipinski definition) is 4. The molecule has 0 atom stereocenters. The zero-order chi connectivity index (χ0) is 23.5. The molecule has 0 aliphatic rings. The quantitative estimate of drug-likeness (QED) is 0.593. The molecule has 7 nitrogen and oxygen atoms in total. The first-order chi connectivity index (χ1) is 15.1. The number of carbonyl (C=O) groups is 2. The molecule has 8 heteroatoms. The largest absolute Gasteiger partial charge is 0.496 e. The van der Waals surface area contributed by atoms with Gasteiger partial charge in [0.15, 0.2) is 0 Å². The fourth-order valence-electron chi connectivity index (χ4n) is 3.11. The molecule has 168 valence electrons. The number of para-hydroxylation sites is 1. The fraction of sp³-hybridized carbons (Fsp3) is 0.292. The third-order valence-electron chi connectivity index (χ3n) is 4.88. The number of aromatic nitrogens is 2. The van der Waals surface area contributed by atoms with Gasteiger partial charge < -0.3 is 15.0 Å². The van der Waals surface area contributed by atoms with Crippen molar-refractivity contribution < 1.29 is 14.3 Å². The lowest BCUT2D eigenvalue weighted by molar-refractivity contribution is -0.116.